The summed E-state index contributed by atoms with van der Waals surface area (Å²) in [4.78, 5) is 57.9. The van der Waals surface area contributed by atoms with E-state index in [9.17, 15) is 37.6 Å². The number of hydrogen-bond acceptors (Lipinski definition) is 5. The molecule has 2 heterocycles. The van der Waals surface area contributed by atoms with Gasteiger partial charge in [0.25, 0.3) is 0 Å². The first-order chi connectivity index (χ1) is 19.3. The van der Waals surface area contributed by atoms with Crippen molar-refractivity contribution in [1.29, 1.82) is 5.26 Å². The lowest BCUT2D eigenvalue weighted by Gasteiger charge is -2.70. The van der Waals surface area contributed by atoms with Gasteiger partial charge in [0.2, 0.25) is 23.6 Å². The lowest BCUT2D eigenvalue weighted by atomic mass is 9.34. The van der Waals surface area contributed by atoms with Gasteiger partial charge in [0.05, 0.1) is 17.4 Å². The zero-order valence-corrected chi connectivity index (χ0v) is 24.8. The Morgan fingerprint density at radius 1 is 1.21 bits per heavy atom. The van der Waals surface area contributed by atoms with E-state index in [0.717, 1.165) is 0 Å². The summed E-state index contributed by atoms with van der Waals surface area (Å²) < 4.78 is 39.6. The third kappa shape index (κ3) is 5.00. The van der Waals surface area contributed by atoms with Gasteiger partial charge in [-0.15, -0.1) is 0 Å². The molecule has 2 saturated heterocycles. The average molecular weight is 592 g/mol. The average Bonchev–Trinajstić information content (AvgIpc) is 3.17. The van der Waals surface area contributed by atoms with Crippen LogP contribution in [0.25, 0.3) is 0 Å². The molecule has 6 rings (SSSR count). The van der Waals surface area contributed by atoms with E-state index in [0.29, 0.717) is 19.5 Å². The van der Waals surface area contributed by atoms with Crippen molar-refractivity contribution in [3.05, 3.63) is 0 Å². The van der Waals surface area contributed by atoms with Gasteiger partial charge in [0.15, 0.2) is 0 Å². The van der Waals surface area contributed by atoms with E-state index in [4.69, 9.17) is 0 Å². The molecule has 2 N–H and O–H groups in total. The summed E-state index contributed by atoms with van der Waals surface area (Å²) in [5.74, 6) is -2.67. The van der Waals surface area contributed by atoms with Gasteiger partial charge in [-0.1, -0.05) is 34.6 Å². The second-order valence-corrected chi connectivity index (χ2v) is 15.1. The molecule has 6 atom stereocenters. The number of carbonyl (C=O) groups is 4. The van der Waals surface area contributed by atoms with Gasteiger partial charge in [0.1, 0.15) is 12.1 Å². The molecule has 6 aliphatic rings. The van der Waals surface area contributed by atoms with E-state index in [-0.39, 0.29) is 67.1 Å². The zero-order chi connectivity index (χ0) is 31.0. The first kappa shape index (κ1) is 30.5. The van der Waals surface area contributed by atoms with Crippen LogP contribution in [0.15, 0.2) is 4.99 Å². The fourth-order valence-electron chi connectivity index (χ4n) is 8.22. The second-order valence-electron chi connectivity index (χ2n) is 15.1. The van der Waals surface area contributed by atoms with Gasteiger partial charge >= 0.3 is 6.18 Å². The topological polar surface area (TPSA) is 132 Å². The highest BCUT2D eigenvalue weighted by molar-refractivity contribution is 6.00. The predicted molar refractivity (Wildman–Crippen MR) is 145 cm³/mol. The molecule has 12 heteroatoms. The highest BCUT2D eigenvalue weighted by atomic mass is 19.4. The van der Waals surface area contributed by atoms with Crippen molar-refractivity contribution in [2.45, 2.75) is 91.4 Å². The Balaban J connectivity index is 1.27. The van der Waals surface area contributed by atoms with E-state index in [1.807, 2.05) is 34.6 Å². The number of amides is 4. The number of alkyl halides is 3. The number of aliphatic imine (C=N–C) groups is 1. The van der Waals surface area contributed by atoms with Crippen LogP contribution >= 0.6 is 0 Å². The summed E-state index contributed by atoms with van der Waals surface area (Å²) in [5, 5.41) is 15.2. The summed E-state index contributed by atoms with van der Waals surface area (Å²) >= 11 is 0. The largest absolute Gasteiger partial charge is 0.394 e. The minimum Gasteiger partial charge on any atom is -0.356 e. The maximum Gasteiger partial charge on any atom is 0.394 e. The van der Waals surface area contributed by atoms with Gasteiger partial charge in [-0.3, -0.25) is 19.2 Å². The van der Waals surface area contributed by atoms with E-state index in [1.54, 1.807) is 0 Å². The molecule has 42 heavy (non-hydrogen) atoms. The lowest BCUT2D eigenvalue weighted by Crippen LogP contribution is -2.68. The highest BCUT2D eigenvalue weighted by Crippen LogP contribution is 2.79. The number of rotatable bonds is 8. The van der Waals surface area contributed by atoms with Crippen LogP contribution in [0.5, 0.6) is 0 Å². The quantitative estimate of drug-likeness (QED) is 0.418. The van der Waals surface area contributed by atoms with Crippen LogP contribution in [-0.2, 0) is 19.2 Å². The van der Waals surface area contributed by atoms with Crippen LogP contribution in [0.1, 0.15) is 73.1 Å². The number of likely N-dealkylation sites (tertiary alicyclic amines) is 1. The van der Waals surface area contributed by atoms with Crippen LogP contribution in [0, 0.1) is 56.7 Å². The lowest BCUT2D eigenvalue weighted by molar-refractivity contribution is -0.362. The number of halogens is 3. The fraction of sp³-hybridized carbons (Fsp3) is 0.800. The minimum absolute atomic E-state index is 0.0510. The number of carbonyl (C=O) groups excluding carboxylic acids is 4. The first-order valence-electron chi connectivity index (χ1n) is 14.8. The number of hydrogen-bond donors (Lipinski definition) is 2. The van der Waals surface area contributed by atoms with Crippen LogP contribution in [0.4, 0.5) is 13.2 Å². The maximum absolute atomic E-state index is 14.0. The van der Waals surface area contributed by atoms with Crippen molar-refractivity contribution in [3.8, 4) is 6.07 Å². The monoisotopic (exact) mass is 591 g/mol. The summed E-state index contributed by atoms with van der Waals surface area (Å²) in [6.07, 6.45) is -2.40. The highest BCUT2D eigenvalue weighted by Gasteiger charge is 2.78. The van der Waals surface area contributed by atoms with E-state index in [2.05, 4.69) is 21.7 Å². The molecule has 0 spiro atoms. The molecule has 0 aromatic heterocycles. The molecule has 4 aliphatic carbocycles. The Morgan fingerprint density at radius 3 is 2.38 bits per heavy atom. The Bertz CT molecular complexity index is 1240. The minimum atomic E-state index is -4.25. The summed E-state index contributed by atoms with van der Waals surface area (Å²) in [7, 11) is 0. The molecule has 4 amide bonds. The molecule has 9 nitrogen and oxygen atoms in total. The standard InChI is InChI=1S/C30H40F3N5O4/c1-26(2,3)18(11-36-20(39)9-28-13-29(14-28,15-28)30(31,32)33)25(42)38-12-19-21(27(19,4)5)22(38)24(41)37-17(10-34)8-16-6-7-35-23(16)40/h11,16-19,21-22H,6-9,12-15H2,1-5H3,(H,35,40)(H,37,41)/t16-,17-,18?,19-,21?,22-,28?,29?/m0/s1. The molecular formula is C30H40F3N5O4. The molecule has 4 saturated carbocycles. The molecule has 2 aliphatic heterocycles. The number of nitriles is 1. The number of fused-ring (bicyclic) bond motifs is 1. The van der Waals surface area contributed by atoms with Crippen molar-refractivity contribution in [2.75, 3.05) is 13.1 Å². The number of nitrogens with one attached hydrogen (secondary N) is 2. The van der Waals surface area contributed by atoms with Crippen molar-refractivity contribution in [3.63, 3.8) is 0 Å². The summed E-state index contributed by atoms with van der Waals surface area (Å²) in [6, 6.07) is 0.397. The molecule has 0 aromatic rings. The van der Waals surface area contributed by atoms with Crippen molar-refractivity contribution in [2.24, 2.45) is 50.3 Å². The van der Waals surface area contributed by atoms with Crippen LogP contribution in [0.2, 0.25) is 0 Å². The molecule has 0 aromatic carbocycles. The second kappa shape index (κ2) is 9.78. The van der Waals surface area contributed by atoms with Gasteiger partial charge in [0, 0.05) is 31.6 Å². The Kier molecular flexibility index (Phi) is 7.10. The molecule has 230 valence electrons. The van der Waals surface area contributed by atoms with E-state index in [1.165, 1.54) is 11.1 Å². The predicted octanol–water partition coefficient (Wildman–Crippen LogP) is 3.39. The van der Waals surface area contributed by atoms with E-state index < -0.39 is 52.2 Å². The third-order valence-corrected chi connectivity index (χ3v) is 10.7. The Morgan fingerprint density at radius 2 is 1.86 bits per heavy atom. The van der Waals surface area contributed by atoms with Crippen molar-refractivity contribution < 1.29 is 32.3 Å². The van der Waals surface area contributed by atoms with Gasteiger partial charge in [-0.05, 0) is 60.2 Å². The molecular weight excluding hydrogens is 551 g/mol. The van der Waals surface area contributed by atoms with Crippen molar-refractivity contribution in [1.82, 2.24) is 15.5 Å². The Labute approximate surface area is 244 Å². The smallest absolute Gasteiger partial charge is 0.356 e. The molecule has 2 bridgehead atoms. The number of piperidine rings is 1. The molecule has 6 fully saturated rings. The normalized spacial score (nSPS) is 35.8. The van der Waals surface area contributed by atoms with Crippen molar-refractivity contribution >= 4 is 29.8 Å². The summed E-state index contributed by atoms with van der Waals surface area (Å²) in [6.45, 7) is 10.5. The molecule has 0 radical (unpaired) electrons. The summed E-state index contributed by atoms with van der Waals surface area (Å²) in [5.41, 5.74) is -3.11. The number of nitrogens with zero attached hydrogens (tertiary/aromatic N) is 3. The van der Waals surface area contributed by atoms with Crippen LogP contribution in [-0.4, -0.2) is 66.1 Å². The van der Waals surface area contributed by atoms with Gasteiger partial charge in [-0.25, -0.2) is 4.99 Å². The first-order valence-corrected chi connectivity index (χ1v) is 14.8. The van der Waals surface area contributed by atoms with Crippen LogP contribution in [0.3, 0.4) is 0 Å². The van der Waals surface area contributed by atoms with E-state index >= 15 is 0 Å². The van der Waals surface area contributed by atoms with Crippen LogP contribution < -0.4 is 10.6 Å². The third-order valence-electron chi connectivity index (χ3n) is 10.7. The van der Waals surface area contributed by atoms with Gasteiger partial charge < -0.3 is 15.5 Å². The molecule has 2 unspecified atom stereocenters. The van der Waals surface area contributed by atoms with Gasteiger partial charge in [-0.2, -0.15) is 18.4 Å². The Hall–Kier alpha value is -2.97. The SMILES string of the molecule is CC(C)(C)C(C=NC(=O)CC12CC(C(F)(F)F)(C1)C2)C(=O)N1C[C@H]2C([C@H]1C(=O)N[C@H](C#N)C[C@@H]1CCNC1=O)C2(C)C. The zero-order valence-electron chi connectivity index (χ0n) is 24.8. The fourth-order valence-corrected chi connectivity index (χ4v) is 8.22. The maximum atomic E-state index is 14.0.